The summed E-state index contributed by atoms with van der Waals surface area (Å²) in [5, 5.41) is 0. The second kappa shape index (κ2) is 10.7. The van der Waals surface area contributed by atoms with Crippen LogP contribution in [0, 0.1) is 0 Å². The summed E-state index contributed by atoms with van der Waals surface area (Å²) in [6.45, 7) is 0. The summed E-state index contributed by atoms with van der Waals surface area (Å²) in [7, 11) is 2.85. The molecule has 3 rings (SSSR count). The maximum atomic E-state index is 2.85. The number of benzene rings is 3. The number of halogens is 1. The largest absolute Gasteiger partial charge is 0.138 e. The number of hydrogen-bond acceptors (Lipinski definition) is 0. The molecule has 136 valence electrons. The molecule has 0 amide bonds. The van der Waals surface area contributed by atoms with Gasteiger partial charge in [0.2, 0.25) is 0 Å². The van der Waals surface area contributed by atoms with Crippen LogP contribution in [0.4, 0.5) is 0 Å². The van der Waals surface area contributed by atoms with E-state index in [-0.39, 0.29) is 22.4 Å². The molecule has 0 aliphatic rings. The normalized spacial score (nSPS) is 11.0. The van der Waals surface area contributed by atoms with Gasteiger partial charge in [-0.2, -0.15) is 0 Å². The van der Waals surface area contributed by atoms with Crippen LogP contribution in [0.15, 0.2) is 91.0 Å². The third kappa shape index (κ3) is 4.64. The van der Waals surface area contributed by atoms with E-state index in [0.717, 1.165) is 6.42 Å². The van der Waals surface area contributed by atoms with Crippen molar-refractivity contribution in [1.82, 2.24) is 0 Å². The van der Waals surface area contributed by atoms with E-state index in [1.807, 2.05) is 0 Å². The molecule has 0 aliphatic carbocycles. The van der Waals surface area contributed by atoms with Gasteiger partial charge in [0, 0.05) is 5.41 Å². The Balaban J connectivity index is 0.00000243. The molecule has 0 spiro atoms. The Bertz CT molecular complexity index is 644. The lowest BCUT2D eigenvalue weighted by Crippen LogP contribution is -2.29. The molecule has 0 aromatic heterocycles. The van der Waals surface area contributed by atoms with E-state index in [4.69, 9.17) is 0 Å². The summed E-state index contributed by atoms with van der Waals surface area (Å²) in [4.78, 5) is 0. The van der Waals surface area contributed by atoms with Crippen molar-refractivity contribution >= 4 is 26.2 Å². The first-order valence-corrected chi connectivity index (χ1v) is 10.1. The minimum atomic E-state index is -0.0787. The van der Waals surface area contributed by atoms with Crippen molar-refractivity contribution in [2.45, 2.75) is 31.1 Å². The zero-order chi connectivity index (χ0) is 17.4. The van der Waals surface area contributed by atoms with Crippen LogP contribution in [-0.2, 0) is 5.41 Å². The summed E-state index contributed by atoms with van der Waals surface area (Å²) < 4.78 is 0. The van der Waals surface area contributed by atoms with Crippen molar-refractivity contribution in [2.24, 2.45) is 0 Å². The number of rotatable bonds is 8. The summed E-state index contributed by atoms with van der Waals surface area (Å²) >= 11 is 0. The first-order valence-electron chi connectivity index (χ1n) is 9.24. The Morgan fingerprint density at radius 1 is 0.538 bits per heavy atom. The van der Waals surface area contributed by atoms with Gasteiger partial charge >= 0.3 is 0 Å². The van der Waals surface area contributed by atoms with Crippen LogP contribution in [-0.4, -0.2) is 6.16 Å². The molecular formula is C24H28BrP. The highest BCUT2D eigenvalue weighted by Gasteiger charge is 2.35. The van der Waals surface area contributed by atoms with Crippen LogP contribution in [0.3, 0.4) is 0 Å². The number of hydrogen-bond donors (Lipinski definition) is 0. The quantitative estimate of drug-likeness (QED) is 0.206. The fourth-order valence-corrected chi connectivity index (χ4v) is 4.10. The van der Waals surface area contributed by atoms with E-state index in [0.29, 0.717) is 0 Å². The van der Waals surface area contributed by atoms with Gasteiger partial charge in [0.1, 0.15) is 0 Å². The average Bonchev–Trinajstić information content (AvgIpc) is 2.70. The van der Waals surface area contributed by atoms with Gasteiger partial charge in [-0.25, -0.2) is 0 Å². The van der Waals surface area contributed by atoms with Crippen LogP contribution in [0.25, 0.3) is 0 Å². The van der Waals surface area contributed by atoms with Gasteiger partial charge in [-0.05, 0) is 35.7 Å². The molecule has 0 saturated heterocycles. The molecule has 1 atom stereocenters. The third-order valence-electron chi connectivity index (χ3n) is 5.06. The fraction of sp³-hybridized carbons (Fsp3) is 0.250. The highest BCUT2D eigenvalue weighted by molar-refractivity contribution is 8.93. The highest BCUT2D eigenvalue weighted by atomic mass is 79.9. The van der Waals surface area contributed by atoms with Crippen molar-refractivity contribution in [3.63, 3.8) is 0 Å². The van der Waals surface area contributed by atoms with E-state index in [9.17, 15) is 0 Å². The average molecular weight is 427 g/mol. The van der Waals surface area contributed by atoms with Crippen molar-refractivity contribution in [3.05, 3.63) is 108 Å². The molecule has 3 aromatic carbocycles. The molecule has 0 fully saturated rings. The van der Waals surface area contributed by atoms with Gasteiger partial charge in [-0.3, -0.25) is 0 Å². The van der Waals surface area contributed by atoms with Crippen molar-refractivity contribution in [2.75, 3.05) is 6.16 Å². The van der Waals surface area contributed by atoms with Gasteiger partial charge in [-0.1, -0.05) is 104 Å². The molecule has 3 aromatic rings. The van der Waals surface area contributed by atoms with E-state index < -0.39 is 0 Å². The Hall–Kier alpha value is -1.43. The van der Waals surface area contributed by atoms with Gasteiger partial charge in [0.25, 0.3) is 0 Å². The van der Waals surface area contributed by atoms with E-state index in [1.165, 1.54) is 42.1 Å². The monoisotopic (exact) mass is 426 g/mol. The standard InChI is InChI=1S/C24H27P.BrH/c25-20-12-4-11-19-24(21-13-5-1-6-14-21,22-15-7-2-8-16-22)23-17-9-3-10-18-23;/h1-3,5-10,13-18H,4,11-12,19-20,25H2;1H. The number of unbranched alkanes of at least 4 members (excludes halogenated alkanes) is 2. The predicted molar refractivity (Wildman–Crippen MR) is 123 cm³/mol. The van der Waals surface area contributed by atoms with Crippen LogP contribution >= 0.6 is 26.2 Å². The molecule has 0 radical (unpaired) electrons. The SMILES string of the molecule is Br.PCCCCCC(c1ccccc1)(c1ccccc1)c1ccccc1. The van der Waals surface area contributed by atoms with Gasteiger partial charge in [0.15, 0.2) is 0 Å². The van der Waals surface area contributed by atoms with E-state index in [1.54, 1.807) is 0 Å². The van der Waals surface area contributed by atoms with Crippen LogP contribution in [0.5, 0.6) is 0 Å². The molecule has 0 saturated carbocycles. The maximum absolute atomic E-state index is 2.85. The molecule has 0 heterocycles. The third-order valence-corrected chi connectivity index (χ3v) is 5.46. The van der Waals surface area contributed by atoms with Crippen LogP contribution in [0.2, 0.25) is 0 Å². The predicted octanol–water partition coefficient (Wildman–Crippen LogP) is 7.03. The molecule has 0 N–H and O–H groups in total. The van der Waals surface area contributed by atoms with E-state index >= 15 is 0 Å². The zero-order valence-electron chi connectivity index (χ0n) is 15.2. The fourth-order valence-electron chi connectivity index (χ4n) is 3.81. The first-order chi connectivity index (χ1) is 12.4. The van der Waals surface area contributed by atoms with Crippen LogP contribution in [0.1, 0.15) is 42.4 Å². The van der Waals surface area contributed by atoms with Crippen molar-refractivity contribution in [1.29, 1.82) is 0 Å². The lowest BCUT2D eigenvalue weighted by molar-refractivity contribution is 0.516. The molecule has 2 heteroatoms. The molecule has 26 heavy (non-hydrogen) atoms. The Morgan fingerprint density at radius 3 is 1.27 bits per heavy atom. The van der Waals surface area contributed by atoms with Crippen molar-refractivity contribution < 1.29 is 0 Å². The second-order valence-corrected chi connectivity index (χ2v) is 7.18. The van der Waals surface area contributed by atoms with Gasteiger partial charge in [-0.15, -0.1) is 26.2 Å². The van der Waals surface area contributed by atoms with Crippen molar-refractivity contribution in [3.8, 4) is 0 Å². The summed E-state index contributed by atoms with van der Waals surface area (Å²) in [5.41, 5.74) is 4.08. The van der Waals surface area contributed by atoms with Gasteiger partial charge < -0.3 is 0 Å². The minimum absolute atomic E-state index is 0. The zero-order valence-corrected chi connectivity index (χ0v) is 18.0. The Morgan fingerprint density at radius 2 is 0.923 bits per heavy atom. The minimum Gasteiger partial charge on any atom is -0.138 e. The smallest absolute Gasteiger partial charge is 0.0451 e. The molecule has 0 aliphatic heterocycles. The maximum Gasteiger partial charge on any atom is 0.0451 e. The lowest BCUT2D eigenvalue weighted by Gasteiger charge is -2.36. The molecule has 0 bridgehead atoms. The molecule has 0 nitrogen and oxygen atoms in total. The Labute approximate surface area is 171 Å². The molecular weight excluding hydrogens is 399 g/mol. The first kappa shape index (κ1) is 20.9. The Kier molecular flexibility index (Phi) is 8.55. The highest BCUT2D eigenvalue weighted by Crippen LogP contribution is 2.43. The summed E-state index contributed by atoms with van der Waals surface area (Å²) in [5.74, 6) is 0. The van der Waals surface area contributed by atoms with Gasteiger partial charge in [0.05, 0.1) is 0 Å². The summed E-state index contributed by atoms with van der Waals surface area (Å²) in [6, 6.07) is 33.0. The van der Waals surface area contributed by atoms with Crippen LogP contribution < -0.4 is 0 Å². The second-order valence-electron chi connectivity index (χ2n) is 6.60. The lowest BCUT2D eigenvalue weighted by atomic mass is 9.66. The molecule has 1 unspecified atom stereocenters. The summed E-state index contributed by atoms with van der Waals surface area (Å²) in [6.07, 6.45) is 6.11. The topological polar surface area (TPSA) is 0 Å². The van der Waals surface area contributed by atoms with E-state index in [2.05, 4.69) is 100 Å².